The normalized spacial score (nSPS) is 33.2. The summed E-state index contributed by atoms with van der Waals surface area (Å²) in [5.41, 5.74) is 2.63. The lowest BCUT2D eigenvalue weighted by Gasteiger charge is -2.21. The van der Waals surface area contributed by atoms with Gasteiger partial charge in [0.05, 0.1) is 12.7 Å². The predicted molar refractivity (Wildman–Crippen MR) is 65.4 cm³/mol. The summed E-state index contributed by atoms with van der Waals surface area (Å²) in [6.07, 6.45) is 3.55. The molecule has 0 spiro atoms. The third-order valence-electron chi connectivity index (χ3n) is 4.10. The Bertz CT molecular complexity index is 388. The topological polar surface area (TPSA) is 57.5 Å². The lowest BCUT2D eigenvalue weighted by atomic mass is 9.85. The van der Waals surface area contributed by atoms with Gasteiger partial charge in [0.15, 0.2) is 5.78 Å². The first kappa shape index (κ1) is 12.5. The third kappa shape index (κ3) is 2.22. The average molecular weight is 236 g/mol. The summed E-state index contributed by atoms with van der Waals surface area (Å²) in [5.74, 6) is 0.288. The second-order valence-electron chi connectivity index (χ2n) is 5.34. The van der Waals surface area contributed by atoms with E-state index in [4.69, 9.17) is 0 Å². The van der Waals surface area contributed by atoms with Crippen molar-refractivity contribution < 1.29 is 15.0 Å². The van der Waals surface area contributed by atoms with Crippen LogP contribution in [0.2, 0.25) is 0 Å². The van der Waals surface area contributed by atoms with Gasteiger partial charge in [-0.2, -0.15) is 0 Å². The molecule has 2 unspecified atom stereocenters. The predicted octanol–water partition coefficient (Wildman–Crippen LogP) is 1.60. The van der Waals surface area contributed by atoms with E-state index >= 15 is 0 Å². The maximum absolute atomic E-state index is 12.0. The molecule has 0 amide bonds. The molecular weight excluding hydrogens is 216 g/mol. The molecule has 1 fully saturated rings. The molecule has 2 N–H and O–H groups in total. The molecule has 0 aliphatic heterocycles. The molecule has 2 rings (SSSR count). The fourth-order valence-electron chi connectivity index (χ4n) is 3.10. The summed E-state index contributed by atoms with van der Waals surface area (Å²) in [4.78, 5) is 12.0. The highest BCUT2D eigenvalue weighted by atomic mass is 16.3. The summed E-state index contributed by atoms with van der Waals surface area (Å²) in [6, 6.07) is 0. The van der Waals surface area contributed by atoms with Crippen LogP contribution in [0, 0.1) is 11.8 Å². The van der Waals surface area contributed by atoms with Crippen LogP contribution in [0.1, 0.15) is 33.1 Å². The van der Waals surface area contributed by atoms with Crippen molar-refractivity contribution in [2.24, 2.45) is 11.8 Å². The van der Waals surface area contributed by atoms with Crippen molar-refractivity contribution in [3.63, 3.8) is 0 Å². The Kier molecular flexibility index (Phi) is 3.50. The van der Waals surface area contributed by atoms with Gasteiger partial charge in [0, 0.05) is 0 Å². The summed E-state index contributed by atoms with van der Waals surface area (Å²) >= 11 is 0. The van der Waals surface area contributed by atoms with E-state index in [-0.39, 0.29) is 30.3 Å². The SMILES string of the molecule is CC(C)=C1CC2C(CC[C@@H]2O)C(CO)=CC1=O. The molecule has 0 saturated heterocycles. The minimum Gasteiger partial charge on any atom is -0.393 e. The molecule has 0 bridgehead atoms. The smallest absolute Gasteiger partial charge is 0.181 e. The molecule has 0 aromatic heterocycles. The van der Waals surface area contributed by atoms with Gasteiger partial charge in [-0.1, -0.05) is 5.57 Å². The number of hydrogen-bond acceptors (Lipinski definition) is 3. The fourth-order valence-corrected chi connectivity index (χ4v) is 3.10. The Balaban J connectivity index is 2.42. The number of ketones is 1. The quantitative estimate of drug-likeness (QED) is 0.680. The van der Waals surface area contributed by atoms with Crippen LogP contribution < -0.4 is 0 Å². The van der Waals surface area contributed by atoms with Crippen molar-refractivity contribution in [3.8, 4) is 0 Å². The first-order chi connectivity index (χ1) is 8.04. The molecule has 0 aromatic carbocycles. The minimum absolute atomic E-state index is 0.00986. The van der Waals surface area contributed by atoms with E-state index in [0.29, 0.717) is 6.42 Å². The van der Waals surface area contributed by atoms with Crippen molar-refractivity contribution in [2.75, 3.05) is 6.61 Å². The number of carbonyl (C=O) groups is 1. The zero-order valence-electron chi connectivity index (χ0n) is 10.4. The molecule has 2 aliphatic rings. The van der Waals surface area contributed by atoms with Crippen LogP contribution in [-0.2, 0) is 4.79 Å². The first-order valence-electron chi connectivity index (χ1n) is 6.24. The van der Waals surface area contributed by atoms with Crippen LogP contribution in [0.3, 0.4) is 0 Å². The Labute approximate surface area is 102 Å². The Hall–Kier alpha value is -0.930. The summed E-state index contributed by atoms with van der Waals surface area (Å²) in [7, 11) is 0. The summed E-state index contributed by atoms with van der Waals surface area (Å²) < 4.78 is 0. The summed E-state index contributed by atoms with van der Waals surface area (Å²) in [5, 5.41) is 19.4. The van der Waals surface area contributed by atoms with E-state index < -0.39 is 0 Å². The maximum Gasteiger partial charge on any atom is 0.181 e. The van der Waals surface area contributed by atoms with Gasteiger partial charge in [-0.3, -0.25) is 4.79 Å². The van der Waals surface area contributed by atoms with Crippen molar-refractivity contribution in [1.29, 1.82) is 0 Å². The van der Waals surface area contributed by atoms with Gasteiger partial charge in [0.1, 0.15) is 0 Å². The van der Waals surface area contributed by atoms with Crippen LogP contribution >= 0.6 is 0 Å². The largest absolute Gasteiger partial charge is 0.393 e. The van der Waals surface area contributed by atoms with Crippen LogP contribution in [0.15, 0.2) is 22.8 Å². The monoisotopic (exact) mass is 236 g/mol. The molecule has 0 radical (unpaired) electrons. The molecule has 2 aliphatic carbocycles. The third-order valence-corrected chi connectivity index (χ3v) is 4.10. The number of rotatable bonds is 1. The first-order valence-corrected chi connectivity index (χ1v) is 6.24. The van der Waals surface area contributed by atoms with E-state index in [2.05, 4.69) is 0 Å². The zero-order valence-corrected chi connectivity index (χ0v) is 10.4. The number of allylic oxidation sites excluding steroid dienone is 3. The number of aliphatic hydroxyl groups is 2. The second kappa shape index (κ2) is 4.75. The molecule has 94 valence electrons. The minimum atomic E-state index is -0.338. The second-order valence-corrected chi connectivity index (χ2v) is 5.34. The summed E-state index contributed by atoms with van der Waals surface area (Å²) in [6.45, 7) is 3.79. The van der Waals surface area contributed by atoms with Gasteiger partial charge in [0.25, 0.3) is 0 Å². The molecule has 3 heteroatoms. The van der Waals surface area contributed by atoms with E-state index in [1.807, 2.05) is 13.8 Å². The van der Waals surface area contributed by atoms with Gasteiger partial charge in [-0.15, -0.1) is 0 Å². The van der Waals surface area contributed by atoms with E-state index in [1.165, 1.54) is 0 Å². The number of fused-ring (bicyclic) bond motifs is 1. The highest BCUT2D eigenvalue weighted by Crippen LogP contribution is 2.43. The van der Waals surface area contributed by atoms with Crippen LogP contribution in [0.4, 0.5) is 0 Å². The van der Waals surface area contributed by atoms with Gasteiger partial charge >= 0.3 is 0 Å². The van der Waals surface area contributed by atoms with Crippen molar-refractivity contribution >= 4 is 5.78 Å². The van der Waals surface area contributed by atoms with E-state index in [0.717, 1.165) is 29.6 Å². The molecular formula is C14H20O3. The standard InChI is InChI=1S/C14H20O3/c1-8(2)11-6-12-10(3-4-13(12)16)9(7-15)5-14(11)17/h5,10,12-13,15-16H,3-4,6-7H2,1-2H3/t10?,12?,13-/m0/s1. The van der Waals surface area contributed by atoms with Crippen LogP contribution in [0.25, 0.3) is 0 Å². The van der Waals surface area contributed by atoms with E-state index in [9.17, 15) is 15.0 Å². The number of aliphatic hydroxyl groups excluding tert-OH is 2. The Morgan fingerprint density at radius 3 is 2.71 bits per heavy atom. The highest BCUT2D eigenvalue weighted by molar-refractivity contribution is 6.05. The van der Waals surface area contributed by atoms with Gasteiger partial charge < -0.3 is 10.2 Å². The van der Waals surface area contributed by atoms with E-state index in [1.54, 1.807) is 6.08 Å². The van der Waals surface area contributed by atoms with Crippen molar-refractivity contribution in [1.82, 2.24) is 0 Å². The maximum atomic E-state index is 12.0. The van der Waals surface area contributed by atoms with Crippen LogP contribution in [-0.4, -0.2) is 28.7 Å². The highest BCUT2D eigenvalue weighted by Gasteiger charge is 2.39. The molecule has 0 aromatic rings. The fraction of sp³-hybridized carbons (Fsp3) is 0.643. The zero-order chi connectivity index (χ0) is 12.6. The van der Waals surface area contributed by atoms with Crippen LogP contribution in [0.5, 0.6) is 0 Å². The molecule has 1 saturated carbocycles. The molecule has 3 atom stereocenters. The van der Waals surface area contributed by atoms with Gasteiger partial charge in [-0.05, 0) is 62.2 Å². The van der Waals surface area contributed by atoms with Gasteiger partial charge in [-0.25, -0.2) is 0 Å². The molecule has 17 heavy (non-hydrogen) atoms. The van der Waals surface area contributed by atoms with Crippen molar-refractivity contribution in [2.45, 2.75) is 39.2 Å². The molecule has 0 heterocycles. The average Bonchev–Trinajstić information content (AvgIpc) is 2.55. The van der Waals surface area contributed by atoms with Crippen molar-refractivity contribution in [3.05, 3.63) is 22.8 Å². The number of hydrogen-bond donors (Lipinski definition) is 2. The molecule has 3 nitrogen and oxygen atoms in total. The Morgan fingerprint density at radius 1 is 1.41 bits per heavy atom. The van der Waals surface area contributed by atoms with Gasteiger partial charge in [0.2, 0.25) is 0 Å². The lowest BCUT2D eigenvalue weighted by molar-refractivity contribution is -0.111. The number of carbonyl (C=O) groups excluding carboxylic acids is 1. The Morgan fingerprint density at radius 2 is 2.12 bits per heavy atom. The lowest BCUT2D eigenvalue weighted by Crippen LogP contribution is -2.21.